The lowest BCUT2D eigenvalue weighted by Crippen LogP contribution is -2.29. The Morgan fingerprint density at radius 2 is 2.32 bits per heavy atom. The second kappa shape index (κ2) is 5.79. The largest absolute Gasteiger partial charge is 0.490 e. The number of ketones is 1. The summed E-state index contributed by atoms with van der Waals surface area (Å²) in [5.41, 5.74) is 0.667. The molecule has 1 aromatic rings. The quantitative estimate of drug-likeness (QED) is 0.612. The highest BCUT2D eigenvalue weighted by atomic mass is 16.6. The number of benzene rings is 1. The van der Waals surface area contributed by atoms with Crippen LogP contribution in [0.1, 0.15) is 12.0 Å². The molecule has 1 atom stereocenters. The van der Waals surface area contributed by atoms with E-state index in [1.165, 1.54) is 13.2 Å². The Kier molecular flexibility index (Phi) is 4.11. The van der Waals surface area contributed by atoms with E-state index in [2.05, 4.69) is 0 Å². The van der Waals surface area contributed by atoms with Crippen molar-refractivity contribution < 1.29 is 19.2 Å². The van der Waals surface area contributed by atoms with Gasteiger partial charge in [-0.3, -0.25) is 14.9 Å². The maximum absolute atomic E-state index is 11.7. The summed E-state index contributed by atoms with van der Waals surface area (Å²) in [7, 11) is 1.39. The fraction of sp³-hybridized carbons (Fsp3) is 0.462. The molecule has 1 aliphatic heterocycles. The van der Waals surface area contributed by atoms with Crippen LogP contribution in [0.4, 0.5) is 5.69 Å². The first kappa shape index (κ1) is 13.5. The fourth-order valence-electron chi connectivity index (χ4n) is 2.16. The van der Waals surface area contributed by atoms with Crippen LogP contribution in [0, 0.1) is 16.0 Å². The molecular formula is C13H15NO5. The summed E-state index contributed by atoms with van der Waals surface area (Å²) in [6.45, 7) is 0.858. The Hall–Kier alpha value is -1.95. The van der Waals surface area contributed by atoms with E-state index in [0.29, 0.717) is 26.1 Å². The first-order valence-corrected chi connectivity index (χ1v) is 6.03. The predicted octanol–water partition coefficient (Wildman–Crippen LogP) is 1.75. The normalized spacial score (nSPS) is 19.2. The van der Waals surface area contributed by atoms with E-state index in [1.807, 2.05) is 0 Å². The van der Waals surface area contributed by atoms with E-state index in [1.54, 1.807) is 12.1 Å². The zero-order chi connectivity index (χ0) is 13.8. The van der Waals surface area contributed by atoms with Gasteiger partial charge in [-0.1, -0.05) is 6.07 Å². The molecule has 1 aliphatic rings. The Balaban J connectivity index is 2.18. The zero-order valence-corrected chi connectivity index (χ0v) is 10.6. The number of carbonyl (C=O) groups excluding carboxylic acids is 1. The summed E-state index contributed by atoms with van der Waals surface area (Å²) in [5, 5.41) is 10.9. The second-order valence-corrected chi connectivity index (χ2v) is 4.46. The summed E-state index contributed by atoms with van der Waals surface area (Å²) in [6.07, 6.45) is 0.882. The van der Waals surface area contributed by atoms with Crippen LogP contribution in [-0.4, -0.2) is 31.0 Å². The summed E-state index contributed by atoms with van der Waals surface area (Å²) in [6, 6.07) is 4.76. The van der Waals surface area contributed by atoms with Gasteiger partial charge in [-0.2, -0.15) is 0 Å². The van der Waals surface area contributed by atoms with Crippen molar-refractivity contribution in [3.05, 3.63) is 33.9 Å². The van der Waals surface area contributed by atoms with E-state index in [9.17, 15) is 14.9 Å². The van der Waals surface area contributed by atoms with Gasteiger partial charge in [0.2, 0.25) is 0 Å². The SMILES string of the molecule is COc1ccc(CC2COCCC2=O)cc1[N+](=O)[O-]. The van der Waals surface area contributed by atoms with Gasteiger partial charge in [0.15, 0.2) is 5.75 Å². The van der Waals surface area contributed by atoms with Crippen LogP contribution in [0.2, 0.25) is 0 Å². The molecule has 0 saturated carbocycles. The maximum Gasteiger partial charge on any atom is 0.311 e. The van der Waals surface area contributed by atoms with Gasteiger partial charge in [0.1, 0.15) is 5.78 Å². The molecule has 0 aromatic heterocycles. The van der Waals surface area contributed by atoms with Crippen LogP contribution in [0.3, 0.4) is 0 Å². The number of hydrogen-bond donors (Lipinski definition) is 0. The van der Waals surface area contributed by atoms with E-state index in [-0.39, 0.29) is 23.1 Å². The fourth-order valence-corrected chi connectivity index (χ4v) is 2.16. The molecule has 1 fully saturated rings. The molecular weight excluding hydrogens is 250 g/mol. The highest BCUT2D eigenvalue weighted by Crippen LogP contribution is 2.29. The summed E-state index contributed by atoms with van der Waals surface area (Å²) >= 11 is 0. The Labute approximate surface area is 110 Å². The number of ether oxygens (including phenoxy) is 2. The predicted molar refractivity (Wildman–Crippen MR) is 67.3 cm³/mol. The zero-order valence-electron chi connectivity index (χ0n) is 10.6. The van der Waals surface area contributed by atoms with Gasteiger partial charge in [0, 0.05) is 18.4 Å². The molecule has 2 rings (SSSR count). The molecule has 0 N–H and O–H groups in total. The number of nitrogens with zero attached hydrogens (tertiary/aromatic N) is 1. The molecule has 0 spiro atoms. The lowest BCUT2D eigenvalue weighted by Gasteiger charge is -2.20. The minimum Gasteiger partial charge on any atom is -0.490 e. The van der Waals surface area contributed by atoms with Crippen molar-refractivity contribution in [3.8, 4) is 5.75 Å². The molecule has 0 amide bonds. The van der Waals surface area contributed by atoms with Gasteiger partial charge < -0.3 is 9.47 Å². The summed E-state index contributed by atoms with van der Waals surface area (Å²) in [4.78, 5) is 22.1. The van der Waals surface area contributed by atoms with E-state index < -0.39 is 4.92 Å². The van der Waals surface area contributed by atoms with Crippen LogP contribution >= 0.6 is 0 Å². The average Bonchev–Trinajstić information content (AvgIpc) is 2.41. The molecule has 1 unspecified atom stereocenters. The molecule has 19 heavy (non-hydrogen) atoms. The number of Topliss-reactive ketones (excluding diaryl/α,β-unsaturated/α-hetero) is 1. The van der Waals surface area contributed by atoms with Crippen LogP contribution in [0.25, 0.3) is 0 Å². The van der Waals surface area contributed by atoms with Crippen molar-refractivity contribution >= 4 is 11.5 Å². The van der Waals surface area contributed by atoms with Gasteiger partial charge in [0.05, 0.1) is 25.2 Å². The molecule has 6 nitrogen and oxygen atoms in total. The van der Waals surface area contributed by atoms with Crippen molar-refractivity contribution in [2.24, 2.45) is 5.92 Å². The number of carbonyl (C=O) groups is 1. The third-order valence-electron chi connectivity index (χ3n) is 3.19. The van der Waals surface area contributed by atoms with Crippen LogP contribution < -0.4 is 4.74 Å². The second-order valence-electron chi connectivity index (χ2n) is 4.46. The number of rotatable bonds is 4. The van der Waals surface area contributed by atoms with Gasteiger partial charge in [-0.15, -0.1) is 0 Å². The minimum absolute atomic E-state index is 0.0795. The van der Waals surface area contributed by atoms with Gasteiger partial charge in [0.25, 0.3) is 0 Å². The molecule has 6 heteroatoms. The average molecular weight is 265 g/mol. The number of nitro groups is 1. The third kappa shape index (κ3) is 3.08. The van der Waals surface area contributed by atoms with Crippen molar-refractivity contribution in [2.45, 2.75) is 12.8 Å². The van der Waals surface area contributed by atoms with Crippen LogP contribution in [0.5, 0.6) is 5.75 Å². The van der Waals surface area contributed by atoms with Gasteiger partial charge in [-0.05, 0) is 18.1 Å². The lowest BCUT2D eigenvalue weighted by molar-refractivity contribution is -0.385. The molecule has 102 valence electrons. The smallest absolute Gasteiger partial charge is 0.311 e. The molecule has 0 aliphatic carbocycles. The first-order chi connectivity index (χ1) is 9.11. The molecule has 1 heterocycles. The Morgan fingerprint density at radius 3 is 2.95 bits per heavy atom. The Bertz CT molecular complexity index is 500. The van der Waals surface area contributed by atoms with Crippen LogP contribution in [0.15, 0.2) is 18.2 Å². The third-order valence-corrected chi connectivity index (χ3v) is 3.19. The van der Waals surface area contributed by atoms with Crippen molar-refractivity contribution in [2.75, 3.05) is 20.3 Å². The van der Waals surface area contributed by atoms with Gasteiger partial charge in [-0.25, -0.2) is 0 Å². The lowest BCUT2D eigenvalue weighted by atomic mass is 9.93. The van der Waals surface area contributed by atoms with Crippen molar-refractivity contribution in [1.29, 1.82) is 0 Å². The summed E-state index contributed by atoms with van der Waals surface area (Å²) < 4.78 is 10.2. The first-order valence-electron chi connectivity index (χ1n) is 6.03. The number of hydrogen-bond acceptors (Lipinski definition) is 5. The standard InChI is InChI=1S/C13H15NO5/c1-18-13-3-2-9(7-11(13)14(16)17)6-10-8-19-5-4-12(10)15/h2-3,7,10H,4-6,8H2,1H3. The molecule has 0 bridgehead atoms. The van der Waals surface area contributed by atoms with Crippen molar-refractivity contribution in [1.82, 2.24) is 0 Å². The number of nitro benzene ring substituents is 1. The highest BCUT2D eigenvalue weighted by molar-refractivity contribution is 5.82. The monoisotopic (exact) mass is 265 g/mol. The Morgan fingerprint density at radius 1 is 1.53 bits per heavy atom. The maximum atomic E-state index is 11.7. The molecule has 0 radical (unpaired) electrons. The topological polar surface area (TPSA) is 78.7 Å². The van der Waals surface area contributed by atoms with Crippen LogP contribution in [-0.2, 0) is 16.0 Å². The summed E-state index contributed by atoms with van der Waals surface area (Å²) in [5.74, 6) is 0.173. The highest BCUT2D eigenvalue weighted by Gasteiger charge is 2.24. The van der Waals surface area contributed by atoms with E-state index in [0.717, 1.165) is 5.56 Å². The molecule has 1 aromatic carbocycles. The van der Waals surface area contributed by atoms with Gasteiger partial charge >= 0.3 is 5.69 Å². The molecule has 1 saturated heterocycles. The van der Waals surface area contributed by atoms with E-state index >= 15 is 0 Å². The minimum atomic E-state index is -0.485. The number of methoxy groups -OCH3 is 1. The van der Waals surface area contributed by atoms with Crippen molar-refractivity contribution in [3.63, 3.8) is 0 Å². The van der Waals surface area contributed by atoms with E-state index in [4.69, 9.17) is 9.47 Å².